The van der Waals surface area contributed by atoms with Crippen LogP contribution in [0.3, 0.4) is 0 Å². The first-order valence-electron chi connectivity index (χ1n) is 56.6. The fraction of sp³-hybridized carbons (Fsp3) is 0.708. The second kappa shape index (κ2) is 43.9. The number of esters is 4. The molecule has 4 aromatic rings. The van der Waals surface area contributed by atoms with Crippen molar-refractivity contribution in [2.24, 2.45) is 93.9 Å². The maximum Gasteiger partial charge on any atom is 0.323 e. The number of ether oxygens (including phenoxy) is 12. The third kappa shape index (κ3) is 23.8. The van der Waals surface area contributed by atoms with Gasteiger partial charge in [-0.15, -0.1) is 0 Å². The topological polar surface area (TPSA) is 296 Å². The van der Waals surface area contributed by atoms with Crippen molar-refractivity contribution < 1.29 is 117 Å². The molecule has 4 fully saturated rings. The summed E-state index contributed by atoms with van der Waals surface area (Å²) in [6, 6.07) is 0.688. The van der Waals surface area contributed by atoms with Crippen LogP contribution in [0.1, 0.15) is 272 Å². The van der Waals surface area contributed by atoms with Crippen LogP contribution < -0.4 is 60.8 Å². The third-order valence-electron chi connectivity index (χ3n) is 21.7. The van der Waals surface area contributed by atoms with E-state index in [0.29, 0.717) is 57.1 Å². The average Bonchev–Trinajstić information content (AvgIpc) is 0.665. The molecule has 8 aliphatic rings. The highest BCUT2D eigenvalue weighted by Gasteiger charge is 2.47. The van der Waals surface area contributed by atoms with E-state index >= 15 is 0 Å². The van der Waals surface area contributed by atoms with Crippen LogP contribution in [0.25, 0.3) is 0 Å². The van der Waals surface area contributed by atoms with Gasteiger partial charge in [0.1, 0.15) is 48.5 Å². The van der Waals surface area contributed by atoms with E-state index in [9.17, 15) is 41.1 Å². The number of hydrogen-bond donors (Lipinski definition) is 4. The van der Waals surface area contributed by atoms with E-state index in [1.165, 1.54) is 87.7 Å². The standard InChI is InChI=1S/4C24H38N2O4/c4*1-14(2)9-17-13-26-8-7-16-10-21(28-5)22(29-6)11-18(16)19(26)12-20(17)30-24(27)23(25)15(3)4/h4*10-11,14-15,17,19-20,23H,7-9,12-13,25H2,1-6H3/t4*17?,19?,20?,23-/m0000/s1/i12D2,13D2,17D,19D,20D;5D3,12D2,13D2,17D,20D;12D2,13D2,17D,20D;5D3,12D2,13D2,17D. The summed E-state index contributed by atoms with van der Waals surface area (Å²) in [7, 11) is 2.85. The summed E-state index contributed by atoms with van der Waals surface area (Å²) < 4.78 is 331. The van der Waals surface area contributed by atoms with Crippen LogP contribution in [-0.2, 0) is 63.8 Å². The lowest BCUT2D eigenvalue weighted by Gasteiger charge is -2.47. The Bertz CT molecular complexity index is 5520. The smallest absolute Gasteiger partial charge is 0.323 e. The van der Waals surface area contributed by atoms with Crippen molar-refractivity contribution in [3.63, 3.8) is 0 Å². The van der Waals surface area contributed by atoms with Gasteiger partial charge in [0.25, 0.3) is 0 Å². The van der Waals surface area contributed by atoms with Crippen molar-refractivity contribution in [1.82, 2.24) is 19.6 Å². The molecule has 672 valence electrons. The number of nitrogens with zero attached hydrogens (tertiary/aromatic N) is 4. The van der Waals surface area contributed by atoms with Crippen LogP contribution in [0, 0.1) is 70.9 Å². The van der Waals surface area contributed by atoms with Crippen LogP contribution in [0.4, 0.5) is 0 Å². The van der Waals surface area contributed by atoms with E-state index in [2.05, 4.69) is 0 Å². The van der Waals surface area contributed by atoms with Gasteiger partial charge in [0.2, 0.25) is 0 Å². The molecule has 0 spiro atoms. The van der Waals surface area contributed by atoms with E-state index in [0.717, 1.165) is 4.90 Å². The molecule has 12 rings (SSSR count). The predicted octanol–water partition coefficient (Wildman–Crippen LogP) is 14.3. The lowest BCUT2D eigenvalue weighted by molar-refractivity contribution is -0.161. The van der Waals surface area contributed by atoms with Gasteiger partial charge in [-0.2, -0.15) is 0 Å². The number of methoxy groups -OCH3 is 8. The van der Waals surface area contributed by atoms with Crippen LogP contribution in [0.5, 0.6) is 46.0 Å². The van der Waals surface area contributed by atoms with Crippen molar-refractivity contribution in [2.45, 2.75) is 260 Å². The van der Waals surface area contributed by atoms with Gasteiger partial charge in [0.15, 0.2) is 46.0 Å². The second-order valence-electron chi connectivity index (χ2n) is 34.2. The molecule has 8 heterocycles. The van der Waals surface area contributed by atoms with Gasteiger partial charge in [-0.3, -0.25) is 38.8 Å². The quantitative estimate of drug-likeness (QED) is 0.0303. The number of rotatable bonds is 28. The Morgan fingerprint density at radius 2 is 0.600 bits per heavy atom. The Labute approximate surface area is 760 Å². The van der Waals surface area contributed by atoms with E-state index < -0.39 is 197 Å². The van der Waals surface area contributed by atoms with Crippen molar-refractivity contribution in [3.05, 3.63) is 93.0 Å². The Kier molecular flexibility index (Phi) is 22.7. The zero-order chi connectivity index (χ0) is 115. The van der Waals surface area contributed by atoms with Crippen molar-refractivity contribution in [2.75, 3.05) is 109 Å². The Balaban J connectivity index is 0.000000222. The Hall–Kier alpha value is -7.16. The summed E-state index contributed by atoms with van der Waals surface area (Å²) >= 11 is 0. The summed E-state index contributed by atoms with van der Waals surface area (Å²) in [5, 5.41) is 0. The zero-order valence-corrected chi connectivity index (χ0v) is 74.0. The van der Waals surface area contributed by atoms with Crippen LogP contribution in [0.2, 0.25) is 0 Å². The van der Waals surface area contributed by atoms with Crippen LogP contribution >= 0.6 is 0 Å². The van der Waals surface area contributed by atoms with E-state index in [-0.39, 0.29) is 147 Å². The van der Waals surface area contributed by atoms with Crippen LogP contribution in [0.15, 0.2) is 48.5 Å². The maximum atomic E-state index is 13.1. The number of benzene rings is 4. The van der Waals surface area contributed by atoms with E-state index in [1.54, 1.807) is 129 Å². The molecule has 8 N–H and O–H groups in total. The molecule has 0 radical (unpaired) electrons. The molecule has 4 saturated heterocycles. The molecule has 24 heteroatoms. The number of carbonyl (C=O) groups is 4. The molecule has 24 nitrogen and oxygen atoms in total. The Morgan fingerprint density at radius 3 is 0.908 bits per heavy atom. The normalized spacial score (nSPS) is 37.0. The van der Waals surface area contributed by atoms with Gasteiger partial charge in [0.05, 0.1) is 70.4 Å². The van der Waals surface area contributed by atoms with Gasteiger partial charge < -0.3 is 79.8 Å². The molecule has 120 heavy (non-hydrogen) atoms. The Morgan fingerprint density at radius 1 is 0.350 bits per heavy atom. The van der Waals surface area contributed by atoms with Gasteiger partial charge in [-0.25, -0.2) is 0 Å². The molecule has 0 aromatic heterocycles. The average molecular weight is 1700 g/mol. The summed E-state index contributed by atoms with van der Waals surface area (Å²) in [5.41, 5.74) is 27.2. The summed E-state index contributed by atoms with van der Waals surface area (Å²) in [6.45, 7) is 17.1. The number of piperidine rings is 4. The number of hydrogen-bond acceptors (Lipinski definition) is 24. The minimum atomic E-state index is -3.14. The molecule has 8 aliphatic heterocycles. The third-order valence-corrected chi connectivity index (χ3v) is 21.7. The molecular formula is C96H152N8O16. The molecule has 0 amide bonds. The van der Waals surface area contributed by atoms with E-state index in [1.807, 2.05) is 0 Å². The lowest BCUT2D eigenvalue weighted by Crippen LogP contribution is -2.51. The first-order valence-corrected chi connectivity index (χ1v) is 41.6. The molecule has 0 bridgehead atoms. The number of fused-ring (bicyclic) bond motifs is 12. The van der Waals surface area contributed by atoms with Gasteiger partial charge in [-0.05, 0) is 192 Å². The fourth-order valence-corrected chi connectivity index (χ4v) is 14.8. The number of carbonyl (C=O) groups excluding carboxylic acids is 4. The fourth-order valence-electron chi connectivity index (χ4n) is 14.8. The minimum absolute atomic E-state index is 0.0256. The maximum absolute atomic E-state index is 13.1. The monoisotopic (exact) mass is 1700 g/mol. The molecular weight excluding hydrogens is 1520 g/mol. The number of nitrogens with two attached hydrogens (primary N) is 4. The van der Waals surface area contributed by atoms with Gasteiger partial charge in [0, 0.05) is 153 Å². The summed E-state index contributed by atoms with van der Waals surface area (Å²) in [4.78, 5) is 57.0. The molecule has 0 saturated carbocycles. The zero-order valence-electron chi connectivity index (χ0n) is 104. The first-order chi connectivity index (χ1) is 68.3. The van der Waals surface area contributed by atoms with Crippen molar-refractivity contribution >= 4 is 23.9 Å². The highest BCUT2D eigenvalue weighted by atomic mass is 16.6. The second-order valence-corrected chi connectivity index (χ2v) is 34.2. The molecule has 0 aliphatic carbocycles. The summed E-state index contributed by atoms with van der Waals surface area (Å²) in [6.07, 6.45) is -21.7. The highest BCUT2D eigenvalue weighted by molar-refractivity contribution is 5.77. The first kappa shape index (κ1) is 62.0. The predicted molar refractivity (Wildman–Crippen MR) is 471 cm³/mol. The molecule has 12 unspecified atom stereocenters. The molecule has 4 aromatic carbocycles. The van der Waals surface area contributed by atoms with Crippen molar-refractivity contribution in [3.8, 4) is 46.0 Å². The van der Waals surface area contributed by atoms with Gasteiger partial charge >= 0.3 is 23.9 Å². The lowest BCUT2D eigenvalue weighted by atomic mass is 9.79. The minimum Gasteiger partial charge on any atom is -0.493 e. The van der Waals surface area contributed by atoms with E-state index in [4.69, 9.17) is 99.0 Å². The largest absolute Gasteiger partial charge is 0.493 e. The summed E-state index contributed by atoms with van der Waals surface area (Å²) in [5.74, 6) is -15.4. The van der Waals surface area contributed by atoms with Crippen LogP contribution in [-0.4, -0.2) is 201 Å². The van der Waals surface area contributed by atoms with Crippen molar-refractivity contribution in [1.29, 1.82) is 0 Å². The SMILES string of the molecule is [2H]C([2H])([2H])Oc1cc2c(cc1OC)C1N(CC2)C([2H])([2H])C([2H])(CC(C)C)C(OC(=O)[C@@H](N)C(C)C)C1([2H])[2H].[2H]C([2H])([2H])Oc1cc2c(cc1OC)C1N(CC2)C([2H])([2H])C([2H])(CC(C)C)C([2H])(OC(=O)[C@@H](N)C(C)C)C1([2H])[2H].[2H]C1([2H])C2c3cc(OC)c(OC)cc3CCN2C([2H])([2H])C([2H])(CC(C)C)C1([2H])OC(=O)[C@@H](N)C(C)C.[2H]C1([2H])N2CCc3cc(OC)c(OC)cc3C2([2H])C([2H])([2H])C([2H])(OC(=O)[C@@H](N)C(C)C)C1([2H])CC(C)C. The molecule has 16 atom stereocenters. The van der Waals surface area contributed by atoms with Gasteiger partial charge in [-0.1, -0.05) is 111 Å². The highest BCUT2D eigenvalue weighted by Crippen LogP contribution is 2.50.